The number of carbonyl (C=O) groups is 2. The monoisotopic (exact) mass is 279 g/mol. The maximum Gasteiger partial charge on any atom is 0.303 e. The van der Waals surface area contributed by atoms with Gasteiger partial charge in [-0.3, -0.25) is 14.3 Å². The molecule has 0 aliphatic carbocycles. The van der Waals surface area contributed by atoms with Gasteiger partial charge in [-0.15, -0.1) is 0 Å². The van der Waals surface area contributed by atoms with Crippen molar-refractivity contribution < 1.29 is 14.7 Å². The summed E-state index contributed by atoms with van der Waals surface area (Å²) in [6.07, 6.45) is 5.95. The molecule has 1 aliphatic heterocycles. The molecule has 0 atom stereocenters. The highest BCUT2D eigenvalue weighted by Gasteiger charge is 2.23. The first kappa shape index (κ1) is 14.6. The minimum Gasteiger partial charge on any atom is -0.481 e. The molecule has 0 spiro atoms. The van der Waals surface area contributed by atoms with Crippen molar-refractivity contribution in [3.05, 3.63) is 18.0 Å². The van der Waals surface area contributed by atoms with E-state index in [2.05, 4.69) is 5.10 Å². The minimum absolute atomic E-state index is 0.131. The van der Waals surface area contributed by atoms with Crippen molar-refractivity contribution >= 4 is 11.9 Å². The fraction of sp³-hybridized carbons (Fsp3) is 0.643. The van der Waals surface area contributed by atoms with Gasteiger partial charge in [0.2, 0.25) is 5.91 Å². The predicted molar refractivity (Wildman–Crippen MR) is 73.1 cm³/mol. The molecule has 1 saturated heterocycles. The van der Waals surface area contributed by atoms with Gasteiger partial charge in [-0.25, -0.2) is 0 Å². The molecule has 0 aromatic carbocycles. The largest absolute Gasteiger partial charge is 0.481 e. The van der Waals surface area contributed by atoms with E-state index in [0.717, 1.165) is 18.4 Å². The third-order valence-corrected chi connectivity index (χ3v) is 3.75. The van der Waals surface area contributed by atoms with E-state index in [1.807, 2.05) is 18.0 Å². The first-order chi connectivity index (χ1) is 9.54. The van der Waals surface area contributed by atoms with E-state index in [-0.39, 0.29) is 18.2 Å². The highest BCUT2D eigenvalue weighted by molar-refractivity contribution is 5.76. The van der Waals surface area contributed by atoms with Crippen LogP contribution in [0.15, 0.2) is 12.4 Å². The second kappa shape index (κ2) is 6.54. The molecule has 1 fully saturated rings. The Morgan fingerprint density at radius 3 is 2.65 bits per heavy atom. The molecule has 0 saturated carbocycles. The first-order valence-electron chi connectivity index (χ1n) is 7.03. The number of carboxylic acid groups (broad SMARTS) is 1. The van der Waals surface area contributed by atoms with Crippen molar-refractivity contribution in [1.29, 1.82) is 0 Å². The Bertz CT molecular complexity index is 476. The van der Waals surface area contributed by atoms with Crippen LogP contribution in [0.5, 0.6) is 0 Å². The van der Waals surface area contributed by atoms with Crippen LogP contribution in [0.25, 0.3) is 0 Å². The first-order valence-corrected chi connectivity index (χ1v) is 7.03. The molecule has 1 aromatic heterocycles. The summed E-state index contributed by atoms with van der Waals surface area (Å²) < 4.78 is 1.78. The summed E-state index contributed by atoms with van der Waals surface area (Å²) in [4.78, 5) is 24.6. The number of likely N-dealkylation sites (tertiary alicyclic amines) is 1. The molecule has 20 heavy (non-hydrogen) atoms. The Hall–Kier alpha value is -1.85. The number of aryl methyl sites for hydroxylation is 2. The van der Waals surface area contributed by atoms with Gasteiger partial charge in [0.25, 0.3) is 0 Å². The maximum absolute atomic E-state index is 12.1. The summed E-state index contributed by atoms with van der Waals surface area (Å²) in [7, 11) is 0. The molecular formula is C14H21N3O3. The summed E-state index contributed by atoms with van der Waals surface area (Å²) in [5, 5.41) is 12.9. The van der Waals surface area contributed by atoms with Crippen molar-refractivity contribution in [2.45, 2.75) is 39.2 Å². The van der Waals surface area contributed by atoms with Crippen LogP contribution in [-0.4, -0.2) is 44.8 Å². The zero-order valence-corrected chi connectivity index (χ0v) is 11.8. The fourth-order valence-corrected chi connectivity index (χ4v) is 2.59. The molecule has 2 rings (SSSR count). The van der Waals surface area contributed by atoms with E-state index in [4.69, 9.17) is 5.11 Å². The lowest BCUT2D eigenvalue weighted by Crippen LogP contribution is -2.39. The van der Waals surface area contributed by atoms with Crippen LogP contribution in [0.2, 0.25) is 0 Å². The van der Waals surface area contributed by atoms with E-state index >= 15 is 0 Å². The number of carbonyl (C=O) groups excluding carboxylic acids is 1. The number of aromatic nitrogens is 2. The van der Waals surface area contributed by atoms with Crippen LogP contribution < -0.4 is 0 Å². The van der Waals surface area contributed by atoms with Gasteiger partial charge in [0.15, 0.2) is 0 Å². The van der Waals surface area contributed by atoms with Crippen molar-refractivity contribution in [2.24, 2.45) is 5.92 Å². The second-order valence-corrected chi connectivity index (χ2v) is 5.45. The molecule has 1 aliphatic rings. The predicted octanol–water partition coefficient (Wildman–Crippen LogP) is 1.29. The van der Waals surface area contributed by atoms with Gasteiger partial charge in [-0.1, -0.05) is 0 Å². The summed E-state index contributed by atoms with van der Waals surface area (Å²) in [5.74, 6) is -0.402. The molecular weight excluding hydrogens is 258 g/mol. The normalized spacial score (nSPS) is 16.4. The van der Waals surface area contributed by atoms with Crippen molar-refractivity contribution in [3.8, 4) is 0 Å². The summed E-state index contributed by atoms with van der Waals surface area (Å²) >= 11 is 0. The van der Waals surface area contributed by atoms with Gasteiger partial charge < -0.3 is 10.0 Å². The Morgan fingerprint density at radius 1 is 1.40 bits per heavy atom. The average Bonchev–Trinajstić information content (AvgIpc) is 2.82. The number of rotatable bonds is 5. The van der Waals surface area contributed by atoms with E-state index in [1.54, 1.807) is 10.9 Å². The SMILES string of the molecule is Cc1cnn(CCC(=O)N2CCC(CC(=O)O)CC2)c1. The van der Waals surface area contributed by atoms with Crippen LogP contribution in [0, 0.1) is 12.8 Å². The number of hydrogen-bond acceptors (Lipinski definition) is 3. The lowest BCUT2D eigenvalue weighted by atomic mass is 9.93. The van der Waals surface area contributed by atoms with Crippen LogP contribution in [0.3, 0.4) is 0 Å². The molecule has 110 valence electrons. The molecule has 0 bridgehead atoms. The molecule has 0 unspecified atom stereocenters. The number of hydrogen-bond donors (Lipinski definition) is 1. The van der Waals surface area contributed by atoms with Crippen molar-refractivity contribution in [3.63, 3.8) is 0 Å². The standard InChI is InChI=1S/C14H21N3O3/c1-11-9-15-17(10-11)7-4-13(18)16-5-2-12(3-6-16)8-14(19)20/h9-10,12H,2-8H2,1H3,(H,19,20). The Kier molecular flexibility index (Phi) is 4.76. The zero-order chi connectivity index (χ0) is 14.5. The highest BCUT2D eigenvalue weighted by Crippen LogP contribution is 2.20. The number of aliphatic carboxylic acids is 1. The highest BCUT2D eigenvalue weighted by atomic mass is 16.4. The van der Waals surface area contributed by atoms with Gasteiger partial charge in [-0.05, 0) is 31.2 Å². The summed E-state index contributed by atoms with van der Waals surface area (Å²) in [6.45, 7) is 3.92. The Morgan fingerprint density at radius 2 is 2.10 bits per heavy atom. The van der Waals surface area contributed by atoms with Crippen LogP contribution >= 0.6 is 0 Å². The number of amides is 1. The van der Waals surface area contributed by atoms with Crippen LogP contribution in [-0.2, 0) is 16.1 Å². The van der Waals surface area contributed by atoms with Crippen molar-refractivity contribution in [1.82, 2.24) is 14.7 Å². The smallest absolute Gasteiger partial charge is 0.303 e. The zero-order valence-electron chi connectivity index (χ0n) is 11.8. The van der Waals surface area contributed by atoms with Gasteiger partial charge in [-0.2, -0.15) is 5.10 Å². The van der Waals surface area contributed by atoms with Crippen LogP contribution in [0.4, 0.5) is 0 Å². The van der Waals surface area contributed by atoms with E-state index in [1.165, 1.54) is 0 Å². The van der Waals surface area contributed by atoms with E-state index < -0.39 is 5.97 Å². The molecule has 6 nitrogen and oxygen atoms in total. The van der Waals surface area contributed by atoms with Crippen LogP contribution in [0.1, 0.15) is 31.2 Å². The summed E-state index contributed by atoms with van der Waals surface area (Å²) in [6, 6.07) is 0. The minimum atomic E-state index is -0.746. The van der Waals surface area contributed by atoms with E-state index in [0.29, 0.717) is 26.1 Å². The molecule has 2 heterocycles. The summed E-state index contributed by atoms with van der Waals surface area (Å²) in [5.41, 5.74) is 1.09. The fourth-order valence-electron chi connectivity index (χ4n) is 2.59. The quantitative estimate of drug-likeness (QED) is 0.881. The van der Waals surface area contributed by atoms with Gasteiger partial charge in [0, 0.05) is 38.7 Å². The third kappa shape index (κ3) is 4.08. The van der Waals surface area contributed by atoms with Gasteiger partial charge in [0.05, 0.1) is 6.20 Å². The Balaban J connectivity index is 1.73. The maximum atomic E-state index is 12.1. The Labute approximate surface area is 118 Å². The lowest BCUT2D eigenvalue weighted by Gasteiger charge is -2.31. The van der Waals surface area contributed by atoms with E-state index in [9.17, 15) is 9.59 Å². The van der Waals surface area contributed by atoms with Gasteiger partial charge >= 0.3 is 5.97 Å². The van der Waals surface area contributed by atoms with Crippen molar-refractivity contribution in [2.75, 3.05) is 13.1 Å². The molecule has 1 amide bonds. The average molecular weight is 279 g/mol. The number of nitrogens with zero attached hydrogens (tertiary/aromatic N) is 3. The second-order valence-electron chi connectivity index (χ2n) is 5.45. The van der Waals surface area contributed by atoms with Gasteiger partial charge in [0.1, 0.15) is 0 Å². The molecule has 0 radical (unpaired) electrons. The third-order valence-electron chi connectivity index (χ3n) is 3.75. The lowest BCUT2D eigenvalue weighted by molar-refractivity contribution is -0.138. The molecule has 6 heteroatoms. The number of carboxylic acids is 1. The topological polar surface area (TPSA) is 75.4 Å². The number of piperidine rings is 1. The molecule has 1 aromatic rings. The molecule has 1 N–H and O–H groups in total.